The summed E-state index contributed by atoms with van der Waals surface area (Å²) in [4.78, 5) is 9.29. The van der Waals surface area contributed by atoms with Crippen LogP contribution in [0.4, 0.5) is 0 Å². The van der Waals surface area contributed by atoms with Gasteiger partial charge in [-0.3, -0.25) is 9.89 Å². The van der Waals surface area contributed by atoms with Crippen molar-refractivity contribution < 1.29 is 0 Å². The SMILES string of the molecule is CN=C(NCc1ccc(CN2CCCN(C)CC2)cc1)NCc1ccsc1.I. The van der Waals surface area contributed by atoms with Crippen molar-refractivity contribution in [3.63, 3.8) is 0 Å². The lowest BCUT2D eigenvalue weighted by molar-refractivity contribution is 0.269. The van der Waals surface area contributed by atoms with Crippen LogP contribution < -0.4 is 10.6 Å². The standard InChI is InChI=1S/C21H31N5S.HI/c1-22-21(24-15-20-8-13-27-17-20)23-14-18-4-6-19(7-5-18)16-26-10-3-9-25(2)11-12-26;/h4-8,13,17H,3,9-12,14-16H2,1-2H3,(H2,22,23,24);1H. The summed E-state index contributed by atoms with van der Waals surface area (Å²) in [6, 6.07) is 11.1. The number of hydrogen-bond donors (Lipinski definition) is 2. The molecule has 7 heteroatoms. The number of aliphatic imine (C=N–C) groups is 1. The number of likely N-dealkylation sites (N-methyl/N-ethyl adjacent to an activating group) is 1. The van der Waals surface area contributed by atoms with E-state index in [1.165, 1.54) is 42.7 Å². The van der Waals surface area contributed by atoms with Crippen molar-refractivity contribution in [3.05, 3.63) is 57.8 Å². The van der Waals surface area contributed by atoms with E-state index >= 15 is 0 Å². The van der Waals surface area contributed by atoms with Gasteiger partial charge in [0.2, 0.25) is 0 Å². The monoisotopic (exact) mass is 513 g/mol. The van der Waals surface area contributed by atoms with Gasteiger partial charge in [0.25, 0.3) is 0 Å². The average molecular weight is 513 g/mol. The molecule has 28 heavy (non-hydrogen) atoms. The summed E-state index contributed by atoms with van der Waals surface area (Å²) in [6.07, 6.45) is 1.26. The molecule has 0 amide bonds. The Kier molecular flexibility index (Phi) is 10.3. The number of guanidine groups is 1. The van der Waals surface area contributed by atoms with Crippen molar-refractivity contribution in [1.29, 1.82) is 0 Å². The normalized spacial score (nSPS) is 16.3. The van der Waals surface area contributed by atoms with E-state index in [9.17, 15) is 0 Å². The van der Waals surface area contributed by atoms with Crippen LogP contribution >= 0.6 is 35.3 Å². The number of halogens is 1. The molecule has 0 saturated carbocycles. The van der Waals surface area contributed by atoms with Crippen molar-refractivity contribution >= 4 is 41.3 Å². The van der Waals surface area contributed by atoms with Crippen molar-refractivity contribution in [2.75, 3.05) is 40.3 Å². The molecule has 1 saturated heterocycles. The second kappa shape index (κ2) is 12.4. The maximum atomic E-state index is 4.30. The van der Waals surface area contributed by atoms with Gasteiger partial charge in [0.1, 0.15) is 0 Å². The molecular formula is C21H32IN5S. The van der Waals surface area contributed by atoms with E-state index in [2.05, 4.69) is 73.6 Å². The summed E-state index contributed by atoms with van der Waals surface area (Å²) >= 11 is 1.72. The van der Waals surface area contributed by atoms with Crippen LogP contribution in [0.1, 0.15) is 23.1 Å². The Labute approximate surface area is 190 Å². The summed E-state index contributed by atoms with van der Waals surface area (Å²) in [6.45, 7) is 7.35. The van der Waals surface area contributed by atoms with Gasteiger partial charge in [0.15, 0.2) is 5.96 Å². The lowest BCUT2D eigenvalue weighted by atomic mass is 10.1. The molecule has 2 N–H and O–H groups in total. The minimum Gasteiger partial charge on any atom is -0.352 e. The van der Waals surface area contributed by atoms with Gasteiger partial charge in [-0.05, 0) is 60.1 Å². The molecule has 0 bridgehead atoms. The highest BCUT2D eigenvalue weighted by Gasteiger charge is 2.12. The molecule has 1 aliphatic heterocycles. The molecule has 1 aromatic heterocycles. The molecule has 1 aliphatic rings. The molecule has 0 spiro atoms. The van der Waals surface area contributed by atoms with Crippen LogP contribution in [-0.4, -0.2) is 56.0 Å². The maximum Gasteiger partial charge on any atom is 0.191 e. The summed E-state index contributed by atoms with van der Waals surface area (Å²) in [7, 11) is 4.03. The zero-order chi connectivity index (χ0) is 18.9. The molecule has 1 aromatic carbocycles. The van der Waals surface area contributed by atoms with Crippen molar-refractivity contribution in [1.82, 2.24) is 20.4 Å². The van der Waals surface area contributed by atoms with E-state index in [-0.39, 0.29) is 24.0 Å². The van der Waals surface area contributed by atoms with Crippen LogP contribution in [0, 0.1) is 0 Å². The molecule has 2 aromatic rings. The van der Waals surface area contributed by atoms with Gasteiger partial charge < -0.3 is 15.5 Å². The zero-order valence-electron chi connectivity index (χ0n) is 16.9. The predicted molar refractivity (Wildman–Crippen MR) is 131 cm³/mol. The third-order valence-corrected chi connectivity index (χ3v) is 5.70. The number of nitrogens with zero attached hydrogens (tertiary/aromatic N) is 3. The van der Waals surface area contributed by atoms with Gasteiger partial charge in [-0.25, -0.2) is 0 Å². The molecule has 0 unspecified atom stereocenters. The highest BCUT2D eigenvalue weighted by molar-refractivity contribution is 14.0. The largest absolute Gasteiger partial charge is 0.352 e. The summed E-state index contributed by atoms with van der Waals surface area (Å²) in [5.41, 5.74) is 3.95. The zero-order valence-corrected chi connectivity index (χ0v) is 20.0. The molecule has 154 valence electrons. The third-order valence-electron chi connectivity index (χ3n) is 4.96. The molecule has 2 heterocycles. The summed E-state index contributed by atoms with van der Waals surface area (Å²) in [5, 5.41) is 11.0. The Balaban J connectivity index is 0.00000280. The first-order valence-electron chi connectivity index (χ1n) is 9.67. The summed E-state index contributed by atoms with van der Waals surface area (Å²) < 4.78 is 0. The van der Waals surface area contributed by atoms with Crippen LogP contribution in [0.3, 0.4) is 0 Å². The number of benzene rings is 1. The van der Waals surface area contributed by atoms with E-state index in [1.807, 2.05) is 7.05 Å². The first-order valence-corrected chi connectivity index (χ1v) is 10.6. The van der Waals surface area contributed by atoms with Gasteiger partial charge in [0.05, 0.1) is 0 Å². The second-order valence-corrected chi connectivity index (χ2v) is 7.94. The minimum absolute atomic E-state index is 0. The van der Waals surface area contributed by atoms with E-state index in [0.29, 0.717) is 0 Å². The van der Waals surface area contributed by atoms with Gasteiger partial charge in [-0.15, -0.1) is 24.0 Å². The van der Waals surface area contributed by atoms with Crippen molar-refractivity contribution in [2.45, 2.75) is 26.1 Å². The molecule has 3 rings (SSSR count). The van der Waals surface area contributed by atoms with Crippen molar-refractivity contribution in [3.8, 4) is 0 Å². The first-order chi connectivity index (χ1) is 13.2. The highest BCUT2D eigenvalue weighted by atomic mass is 127. The van der Waals surface area contributed by atoms with E-state index in [1.54, 1.807) is 11.3 Å². The van der Waals surface area contributed by atoms with Gasteiger partial charge in [0, 0.05) is 39.8 Å². The number of thiophene rings is 1. The quantitative estimate of drug-likeness (QED) is 0.353. The Morgan fingerprint density at radius 3 is 2.36 bits per heavy atom. The van der Waals surface area contributed by atoms with Crippen molar-refractivity contribution in [2.24, 2.45) is 4.99 Å². The van der Waals surface area contributed by atoms with E-state index in [4.69, 9.17) is 0 Å². The van der Waals surface area contributed by atoms with Crippen LogP contribution in [0.5, 0.6) is 0 Å². The third kappa shape index (κ3) is 7.69. The summed E-state index contributed by atoms with van der Waals surface area (Å²) in [5.74, 6) is 0.832. The molecule has 0 aliphatic carbocycles. The Morgan fingerprint density at radius 2 is 1.68 bits per heavy atom. The Morgan fingerprint density at radius 1 is 0.964 bits per heavy atom. The second-order valence-electron chi connectivity index (χ2n) is 7.16. The fraction of sp³-hybridized carbons (Fsp3) is 0.476. The lowest BCUT2D eigenvalue weighted by Crippen LogP contribution is -2.36. The Bertz CT molecular complexity index is 702. The molecule has 0 radical (unpaired) electrons. The average Bonchev–Trinajstić information content (AvgIpc) is 3.12. The molecule has 1 fully saturated rings. The number of nitrogens with one attached hydrogen (secondary N) is 2. The fourth-order valence-corrected chi connectivity index (χ4v) is 3.93. The maximum absolute atomic E-state index is 4.30. The molecule has 0 atom stereocenters. The van der Waals surface area contributed by atoms with E-state index in [0.717, 1.165) is 32.1 Å². The van der Waals surface area contributed by atoms with Crippen LogP contribution in [0.2, 0.25) is 0 Å². The van der Waals surface area contributed by atoms with E-state index < -0.39 is 0 Å². The topological polar surface area (TPSA) is 42.9 Å². The minimum atomic E-state index is 0. The molecular weight excluding hydrogens is 481 g/mol. The van der Waals surface area contributed by atoms with Crippen LogP contribution in [0.15, 0.2) is 46.1 Å². The van der Waals surface area contributed by atoms with Gasteiger partial charge in [-0.1, -0.05) is 24.3 Å². The lowest BCUT2D eigenvalue weighted by Gasteiger charge is -2.20. The highest BCUT2D eigenvalue weighted by Crippen LogP contribution is 2.10. The fourth-order valence-electron chi connectivity index (χ4n) is 3.26. The van der Waals surface area contributed by atoms with Gasteiger partial charge >= 0.3 is 0 Å². The Hall–Kier alpha value is -1.16. The van der Waals surface area contributed by atoms with Crippen LogP contribution in [0.25, 0.3) is 0 Å². The first kappa shape index (κ1) is 23.1. The smallest absolute Gasteiger partial charge is 0.191 e. The predicted octanol–water partition coefficient (Wildman–Crippen LogP) is 3.37. The van der Waals surface area contributed by atoms with Gasteiger partial charge in [-0.2, -0.15) is 11.3 Å². The number of hydrogen-bond acceptors (Lipinski definition) is 4. The molecule has 5 nitrogen and oxygen atoms in total. The van der Waals surface area contributed by atoms with Crippen LogP contribution in [-0.2, 0) is 19.6 Å². The number of rotatable bonds is 6.